The molecular weight excluding hydrogens is 278 g/mol. The van der Waals surface area contributed by atoms with Gasteiger partial charge in [0, 0.05) is 16.3 Å². The molecular formula is C16H15N5O. The topological polar surface area (TPSA) is 99.4 Å². The van der Waals surface area contributed by atoms with Crippen LogP contribution in [0.1, 0.15) is 0 Å². The molecule has 6 nitrogen and oxygen atoms in total. The van der Waals surface area contributed by atoms with Crippen LogP contribution in [-0.2, 0) is 0 Å². The Morgan fingerprint density at radius 1 is 0.955 bits per heavy atom. The summed E-state index contributed by atoms with van der Waals surface area (Å²) in [5.74, 6) is 1.16. The number of hydrogen-bond acceptors (Lipinski definition) is 4. The van der Waals surface area contributed by atoms with Gasteiger partial charge in [-0.05, 0) is 24.3 Å². The minimum Gasteiger partial charge on any atom is -0.497 e. The minimum atomic E-state index is -0.0448. The third kappa shape index (κ3) is 2.54. The second kappa shape index (κ2) is 5.69. The van der Waals surface area contributed by atoms with Crippen molar-refractivity contribution in [3.63, 3.8) is 0 Å². The molecule has 0 saturated heterocycles. The van der Waals surface area contributed by atoms with Gasteiger partial charge in [0.15, 0.2) is 11.8 Å². The number of hydrogen-bond donors (Lipinski definition) is 2. The second-order valence-corrected chi connectivity index (χ2v) is 4.68. The standard InChI is InChI=1S/C16H15N5O/c1-22-11-8-6-10(7-9-11)14-12-4-2-3-5-13(12)15(21-20-14)19-16(17)18/h2-9H,1H3,(H4,17,18,19,21). The van der Waals surface area contributed by atoms with Crippen LogP contribution in [0.25, 0.3) is 22.0 Å². The zero-order chi connectivity index (χ0) is 15.5. The normalized spacial score (nSPS) is 10.4. The van der Waals surface area contributed by atoms with Gasteiger partial charge in [-0.15, -0.1) is 10.2 Å². The zero-order valence-electron chi connectivity index (χ0n) is 12.0. The summed E-state index contributed by atoms with van der Waals surface area (Å²) in [6.45, 7) is 0. The molecule has 1 heterocycles. The molecule has 0 aliphatic rings. The summed E-state index contributed by atoms with van der Waals surface area (Å²) >= 11 is 0. The van der Waals surface area contributed by atoms with Crippen LogP contribution >= 0.6 is 0 Å². The molecule has 0 radical (unpaired) electrons. The molecule has 2 aromatic carbocycles. The van der Waals surface area contributed by atoms with Crippen molar-refractivity contribution in [2.24, 2.45) is 16.5 Å². The van der Waals surface area contributed by atoms with Crippen LogP contribution in [0.5, 0.6) is 5.75 Å². The number of nitrogens with two attached hydrogens (primary N) is 2. The molecule has 0 aliphatic heterocycles. The van der Waals surface area contributed by atoms with E-state index in [0.717, 1.165) is 27.8 Å². The van der Waals surface area contributed by atoms with Crippen molar-refractivity contribution in [2.75, 3.05) is 7.11 Å². The van der Waals surface area contributed by atoms with E-state index < -0.39 is 0 Å². The van der Waals surface area contributed by atoms with Crippen LogP contribution in [0, 0.1) is 0 Å². The molecule has 1 aromatic heterocycles. The molecule has 3 rings (SSSR count). The maximum absolute atomic E-state index is 5.44. The summed E-state index contributed by atoms with van der Waals surface area (Å²) < 4.78 is 5.17. The van der Waals surface area contributed by atoms with Crippen LogP contribution in [0.3, 0.4) is 0 Å². The van der Waals surface area contributed by atoms with Gasteiger partial charge in [-0.3, -0.25) is 0 Å². The largest absolute Gasteiger partial charge is 0.497 e. The average Bonchev–Trinajstić information content (AvgIpc) is 2.55. The van der Waals surface area contributed by atoms with E-state index in [0.29, 0.717) is 5.82 Å². The van der Waals surface area contributed by atoms with Crippen molar-refractivity contribution in [3.05, 3.63) is 48.5 Å². The lowest BCUT2D eigenvalue weighted by atomic mass is 10.0. The van der Waals surface area contributed by atoms with E-state index in [1.807, 2.05) is 48.5 Å². The van der Waals surface area contributed by atoms with E-state index >= 15 is 0 Å². The highest BCUT2D eigenvalue weighted by molar-refractivity contribution is 6.00. The molecule has 0 spiro atoms. The van der Waals surface area contributed by atoms with Crippen molar-refractivity contribution < 1.29 is 4.74 Å². The van der Waals surface area contributed by atoms with Gasteiger partial charge in [0.1, 0.15) is 11.4 Å². The first-order valence-electron chi connectivity index (χ1n) is 6.68. The third-order valence-corrected chi connectivity index (χ3v) is 3.27. The molecule has 0 aliphatic carbocycles. The maximum atomic E-state index is 5.44. The number of ether oxygens (including phenoxy) is 1. The van der Waals surface area contributed by atoms with E-state index in [9.17, 15) is 0 Å². The average molecular weight is 293 g/mol. The summed E-state index contributed by atoms with van der Waals surface area (Å²) in [7, 11) is 1.63. The van der Waals surface area contributed by atoms with Crippen LogP contribution in [0.2, 0.25) is 0 Å². The molecule has 6 heteroatoms. The summed E-state index contributed by atoms with van der Waals surface area (Å²) in [6.07, 6.45) is 0. The van der Waals surface area contributed by atoms with Gasteiger partial charge < -0.3 is 16.2 Å². The number of methoxy groups -OCH3 is 1. The molecule has 0 fully saturated rings. The number of fused-ring (bicyclic) bond motifs is 1. The SMILES string of the molecule is COc1ccc(-c2nnc(N=C(N)N)c3ccccc23)cc1. The Labute approximate surface area is 127 Å². The Bertz CT molecular complexity index is 839. The van der Waals surface area contributed by atoms with Crippen molar-refractivity contribution >= 4 is 22.5 Å². The van der Waals surface area contributed by atoms with Crippen molar-refractivity contribution in [1.82, 2.24) is 10.2 Å². The van der Waals surface area contributed by atoms with E-state index in [1.54, 1.807) is 7.11 Å². The quantitative estimate of drug-likeness (QED) is 0.569. The fourth-order valence-corrected chi connectivity index (χ4v) is 2.26. The molecule has 22 heavy (non-hydrogen) atoms. The van der Waals surface area contributed by atoms with Crippen molar-refractivity contribution in [2.45, 2.75) is 0 Å². The number of aliphatic imine (C=N–C) groups is 1. The van der Waals surface area contributed by atoms with Crippen molar-refractivity contribution in [1.29, 1.82) is 0 Å². The van der Waals surface area contributed by atoms with Crippen LogP contribution in [0.15, 0.2) is 53.5 Å². The predicted molar refractivity (Wildman–Crippen MR) is 87.0 cm³/mol. The number of aromatic nitrogens is 2. The van der Waals surface area contributed by atoms with Gasteiger partial charge in [0.05, 0.1) is 7.11 Å². The summed E-state index contributed by atoms with van der Waals surface area (Å²) in [6, 6.07) is 15.4. The Hall–Kier alpha value is -3.15. The van der Waals surface area contributed by atoms with Crippen LogP contribution < -0.4 is 16.2 Å². The molecule has 110 valence electrons. The lowest BCUT2D eigenvalue weighted by molar-refractivity contribution is 0.415. The Balaban J connectivity index is 2.20. The summed E-state index contributed by atoms with van der Waals surface area (Å²) in [5.41, 5.74) is 12.6. The molecule has 0 amide bonds. The molecule has 4 N–H and O–H groups in total. The Morgan fingerprint density at radius 3 is 2.27 bits per heavy atom. The lowest BCUT2D eigenvalue weighted by Crippen LogP contribution is -2.22. The monoisotopic (exact) mass is 293 g/mol. The van der Waals surface area contributed by atoms with E-state index in [4.69, 9.17) is 16.2 Å². The second-order valence-electron chi connectivity index (χ2n) is 4.68. The van der Waals surface area contributed by atoms with Gasteiger partial charge in [-0.2, -0.15) is 4.99 Å². The summed E-state index contributed by atoms with van der Waals surface area (Å²) in [5, 5.41) is 10.2. The number of guanidine groups is 1. The van der Waals surface area contributed by atoms with E-state index in [2.05, 4.69) is 15.2 Å². The van der Waals surface area contributed by atoms with Gasteiger partial charge in [0.2, 0.25) is 0 Å². The third-order valence-electron chi connectivity index (χ3n) is 3.27. The zero-order valence-corrected chi connectivity index (χ0v) is 12.0. The first kappa shape index (κ1) is 13.8. The predicted octanol–water partition coefficient (Wildman–Crippen LogP) is 2.21. The van der Waals surface area contributed by atoms with Crippen LogP contribution in [0.4, 0.5) is 5.82 Å². The van der Waals surface area contributed by atoms with E-state index in [1.165, 1.54) is 0 Å². The molecule has 0 bridgehead atoms. The highest BCUT2D eigenvalue weighted by atomic mass is 16.5. The fourth-order valence-electron chi connectivity index (χ4n) is 2.26. The highest BCUT2D eigenvalue weighted by Crippen LogP contribution is 2.31. The number of rotatable bonds is 3. The Morgan fingerprint density at radius 2 is 1.64 bits per heavy atom. The lowest BCUT2D eigenvalue weighted by Gasteiger charge is -2.08. The molecule has 3 aromatic rings. The van der Waals surface area contributed by atoms with Gasteiger partial charge in [-0.1, -0.05) is 24.3 Å². The van der Waals surface area contributed by atoms with Gasteiger partial charge in [-0.25, -0.2) is 0 Å². The summed E-state index contributed by atoms with van der Waals surface area (Å²) in [4.78, 5) is 4.03. The van der Waals surface area contributed by atoms with Crippen molar-refractivity contribution in [3.8, 4) is 17.0 Å². The molecule has 0 saturated carbocycles. The molecule has 0 unspecified atom stereocenters. The fraction of sp³-hybridized carbons (Fsp3) is 0.0625. The molecule has 0 atom stereocenters. The number of nitrogens with zero attached hydrogens (tertiary/aromatic N) is 3. The highest BCUT2D eigenvalue weighted by Gasteiger charge is 2.10. The first-order valence-corrected chi connectivity index (χ1v) is 6.68. The first-order chi connectivity index (χ1) is 10.7. The number of benzene rings is 2. The smallest absolute Gasteiger partial charge is 0.192 e. The van der Waals surface area contributed by atoms with E-state index in [-0.39, 0.29) is 5.96 Å². The minimum absolute atomic E-state index is 0.0448. The van der Waals surface area contributed by atoms with Gasteiger partial charge in [0.25, 0.3) is 0 Å². The Kier molecular flexibility index (Phi) is 3.57. The maximum Gasteiger partial charge on any atom is 0.192 e. The van der Waals surface area contributed by atoms with Gasteiger partial charge >= 0.3 is 0 Å². The van der Waals surface area contributed by atoms with Crippen LogP contribution in [-0.4, -0.2) is 23.3 Å².